The molecule has 2 N–H and O–H groups in total. The quantitative estimate of drug-likeness (QED) is 0.753. The second-order valence-corrected chi connectivity index (χ2v) is 5.38. The number of aliphatic hydroxyl groups excluding tert-OH is 1. The van der Waals surface area contributed by atoms with E-state index in [4.69, 9.17) is 9.84 Å². The normalized spacial score (nSPS) is 33.4. The van der Waals surface area contributed by atoms with Crippen LogP contribution in [-0.2, 0) is 9.53 Å². The molecule has 3 atom stereocenters. The van der Waals surface area contributed by atoms with Crippen LogP contribution in [-0.4, -0.2) is 60.4 Å². The zero-order valence-electron chi connectivity index (χ0n) is 11.1. The molecule has 18 heavy (non-hydrogen) atoms. The van der Waals surface area contributed by atoms with Crippen molar-refractivity contribution in [3.63, 3.8) is 0 Å². The van der Waals surface area contributed by atoms with Gasteiger partial charge in [0, 0.05) is 19.0 Å². The van der Waals surface area contributed by atoms with Gasteiger partial charge in [0.15, 0.2) is 0 Å². The molecule has 1 amide bonds. The molecule has 2 saturated heterocycles. The Balaban J connectivity index is 1.85. The van der Waals surface area contributed by atoms with Crippen LogP contribution in [0.1, 0.15) is 32.6 Å². The summed E-state index contributed by atoms with van der Waals surface area (Å²) < 4.78 is 5.45. The Morgan fingerprint density at radius 2 is 2.33 bits per heavy atom. The van der Waals surface area contributed by atoms with Gasteiger partial charge in [-0.1, -0.05) is 6.42 Å². The summed E-state index contributed by atoms with van der Waals surface area (Å²) in [6, 6.07) is 0.442. The molecule has 5 nitrogen and oxygen atoms in total. The van der Waals surface area contributed by atoms with Crippen molar-refractivity contribution in [1.82, 2.24) is 10.2 Å². The molecule has 3 unspecified atom stereocenters. The number of carbonyl (C=O) groups excluding carboxylic acids is 1. The largest absolute Gasteiger partial charge is 0.394 e. The Labute approximate surface area is 108 Å². The summed E-state index contributed by atoms with van der Waals surface area (Å²) in [5.41, 5.74) is 0. The first kappa shape index (κ1) is 13.8. The molecule has 0 saturated carbocycles. The molecule has 0 spiro atoms. The lowest BCUT2D eigenvalue weighted by atomic mass is 10.0. The number of ether oxygens (including phenoxy) is 1. The first-order chi connectivity index (χ1) is 8.70. The number of hydrogen-bond donors (Lipinski definition) is 2. The van der Waals surface area contributed by atoms with Gasteiger partial charge in [0.2, 0.25) is 5.91 Å². The molecular formula is C13H24N2O3. The average Bonchev–Trinajstić information content (AvgIpc) is 2.40. The van der Waals surface area contributed by atoms with E-state index in [-0.39, 0.29) is 24.7 Å². The van der Waals surface area contributed by atoms with E-state index in [9.17, 15) is 4.79 Å². The zero-order valence-corrected chi connectivity index (χ0v) is 11.1. The second kappa shape index (κ2) is 6.50. The van der Waals surface area contributed by atoms with Crippen molar-refractivity contribution < 1.29 is 14.6 Å². The molecule has 0 aromatic rings. The highest BCUT2D eigenvalue weighted by molar-refractivity contribution is 5.77. The summed E-state index contributed by atoms with van der Waals surface area (Å²) in [7, 11) is 0. The fraction of sp³-hybridized carbons (Fsp3) is 0.923. The molecular weight excluding hydrogens is 232 g/mol. The van der Waals surface area contributed by atoms with Crippen LogP contribution in [0.5, 0.6) is 0 Å². The van der Waals surface area contributed by atoms with Gasteiger partial charge in [-0.15, -0.1) is 0 Å². The van der Waals surface area contributed by atoms with Gasteiger partial charge < -0.3 is 20.1 Å². The Morgan fingerprint density at radius 1 is 1.50 bits per heavy atom. The van der Waals surface area contributed by atoms with Gasteiger partial charge in [-0.25, -0.2) is 0 Å². The number of carbonyl (C=O) groups is 1. The fourth-order valence-corrected chi connectivity index (χ4v) is 2.70. The Bertz CT molecular complexity index is 279. The van der Waals surface area contributed by atoms with Crippen LogP contribution in [0.2, 0.25) is 0 Å². The number of nitrogens with one attached hydrogen (secondary N) is 1. The summed E-state index contributed by atoms with van der Waals surface area (Å²) in [6.07, 6.45) is 3.87. The van der Waals surface area contributed by atoms with Crippen LogP contribution >= 0.6 is 0 Å². The van der Waals surface area contributed by atoms with Crippen LogP contribution in [0.3, 0.4) is 0 Å². The van der Waals surface area contributed by atoms with E-state index in [1.165, 1.54) is 12.8 Å². The van der Waals surface area contributed by atoms with Crippen molar-refractivity contribution in [2.75, 3.05) is 26.3 Å². The summed E-state index contributed by atoms with van der Waals surface area (Å²) >= 11 is 0. The number of hydrogen-bond acceptors (Lipinski definition) is 4. The van der Waals surface area contributed by atoms with Crippen molar-refractivity contribution in [3.8, 4) is 0 Å². The Kier molecular flexibility index (Phi) is 4.97. The predicted octanol–water partition coefficient (Wildman–Crippen LogP) is 0.127. The smallest absolute Gasteiger partial charge is 0.224 e. The molecule has 0 aromatic heterocycles. The maximum Gasteiger partial charge on any atom is 0.224 e. The summed E-state index contributed by atoms with van der Waals surface area (Å²) in [5.74, 6) is 0.184. The van der Waals surface area contributed by atoms with Crippen molar-refractivity contribution >= 4 is 5.91 Å². The van der Waals surface area contributed by atoms with E-state index in [0.717, 1.165) is 13.0 Å². The SMILES string of the molecule is CC1COC(CO)CN1C(=O)CC1CCCCN1. The van der Waals surface area contributed by atoms with Crippen LogP contribution in [0.4, 0.5) is 0 Å². The first-order valence-corrected chi connectivity index (χ1v) is 6.96. The maximum absolute atomic E-state index is 12.3. The Morgan fingerprint density at radius 3 is 3.00 bits per heavy atom. The average molecular weight is 256 g/mol. The highest BCUT2D eigenvalue weighted by Gasteiger charge is 2.30. The van der Waals surface area contributed by atoms with Crippen LogP contribution < -0.4 is 5.32 Å². The third-order valence-corrected chi connectivity index (χ3v) is 3.86. The molecule has 2 fully saturated rings. The van der Waals surface area contributed by atoms with E-state index >= 15 is 0 Å². The highest BCUT2D eigenvalue weighted by Crippen LogP contribution is 2.16. The third-order valence-electron chi connectivity index (χ3n) is 3.86. The molecule has 0 radical (unpaired) electrons. The lowest BCUT2D eigenvalue weighted by Crippen LogP contribution is -2.53. The van der Waals surface area contributed by atoms with E-state index in [0.29, 0.717) is 25.6 Å². The first-order valence-electron chi connectivity index (χ1n) is 6.96. The molecule has 0 aliphatic carbocycles. The molecule has 5 heteroatoms. The number of aliphatic hydroxyl groups is 1. The van der Waals surface area contributed by atoms with E-state index in [2.05, 4.69) is 5.32 Å². The Hall–Kier alpha value is -0.650. The number of morpholine rings is 1. The van der Waals surface area contributed by atoms with Gasteiger partial charge in [-0.3, -0.25) is 4.79 Å². The molecule has 2 heterocycles. The van der Waals surface area contributed by atoms with E-state index in [1.54, 1.807) is 0 Å². The van der Waals surface area contributed by atoms with Gasteiger partial charge in [0.25, 0.3) is 0 Å². The third kappa shape index (κ3) is 3.43. The van der Waals surface area contributed by atoms with E-state index < -0.39 is 0 Å². The van der Waals surface area contributed by atoms with Gasteiger partial charge in [-0.2, -0.15) is 0 Å². The number of rotatable bonds is 3. The molecule has 2 aliphatic rings. The highest BCUT2D eigenvalue weighted by atomic mass is 16.5. The van der Waals surface area contributed by atoms with Crippen molar-refractivity contribution in [3.05, 3.63) is 0 Å². The fourth-order valence-electron chi connectivity index (χ4n) is 2.70. The molecule has 2 rings (SSSR count). The minimum atomic E-state index is -0.218. The topological polar surface area (TPSA) is 61.8 Å². The maximum atomic E-state index is 12.3. The molecule has 0 aromatic carbocycles. The summed E-state index contributed by atoms with van der Waals surface area (Å²) in [5, 5.41) is 12.5. The minimum absolute atomic E-state index is 0.0157. The lowest BCUT2D eigenvalue weighted by Gasteiger charge is -2.38. The molecule has 0 bridgehead atoms. The summed E-state index contributed by atoms with van der Waals surface area (Å²) in [6.45, 7) is 4.05. The van der Waals surface area contributed by atoms with E-state index in [1.807, 2.05) is 11.8 Å². The van der Waals surface area contributed by atoms with Crippen molar-refractivity contribution in [2.45, 2.75) is 50.8 Å². The number of piperidine rings is 1. The monoisotopic (exact) mass is 256 g/mol. The van der Waals surface area contributed by atoms with Crippen molar-refractivity contribution in [1.29, 1.82) is 0 Å². The predicted molar refractivity (Wildman–Crippen MR) is 68.3 cm³/mol. The minimum Gasteiger partial charge on any atom is -0.394 e. The molecule has 104 valence electrons. The van der Waals surface area contributed by atoms with Crippen LogP contribution in [0.25, 0.3) is 0 Å². The lowest BCUT2D eigenvalue weighted by molar-refractivity contribution is -0.146. The second-order valence-electron chi connectivity index (χ2n) is 5.38. The zero-order chi connectivity index (χ0) is 13.0. The number of amides is 1. The van der Waals surface area contributed by atoms with Gasteiger partial charge in [0.05, 0.1) is 25.4 Å². The van der Waals surface area contributed by atoms with Gasteiger partial charge >= 0.3 is 0 Å². The van der Waals surface area contributed by atoms with Crippen molar-refractivity contribution in [2.24, 2.45) is 0 Å². The summed E-state index contributed by atoms with van der Waals surface area (Å²) in [4.78, 5) is 14.1. The van der Waals surface area contributed by atoms with Crippen LogP contribution in [0.15, 0.2) is 0 Å². The van der Waals surface area contributed by atoms with Gasteiger partial charge in [-0.05, 0) is 26.3 Å². The standard InChI is InChI=1S/C13H24N2O3/c1-10-9-18-12(8-16)7-15(10)13(17)6-11-4-2-3-5-14-11/h10-12,14,16H,2-9H2,1H3. The van der Waals surface area contributed by atoms with Crippen LogP contribution in [0, 0.1) is 0 Å². The van der Waals surface area contributed by atoms with Gasteiger partial charge in [0.1, 0.15) is 0 Å². The molecule has 2 aliphatic heterocycles. The number of nitrogens with zero attached hydrogens (tertiary/aromatic N) is 1.